The molecule has 0 saturated carbocycles. The van der Waals surface area contributed by atoms with Crippen molar-refractivity contribution in [1.29, 1.82) is 0 Å². The van der Waals surface area contributed by atoms with Crippen LogP contribution in [0, 0.1) is 6.92 Å². The summed E-state index contributed by atoms with van der Waals surface area (Å²) in [6.45, 7) is 2.58. The molecule has 1 amide bonds. The summed E-state index contributed by atoms with van der Waals surface area (Å²) in [5.41, 5.74) is 4.23. The van der Waals surface area contributed by atoms with Crippen LogP contribution < -0.4 is 4.90 Å². The number of aryl methyl sites for hydroxylation is 1. The molecule has 0 saturated heterocycles. The monoisotopic (exact) mass is 422 g/mol. The molecule has 5 aromatic rings. The van der Waals surface area contributed by atoms with Crippen LogP contribution in [-0.4, -0.2) is 10.9 Å². The molecule has 0 bridgehead atoms. The number of rotatable bonds is 5. The highest BCUT2D eigenvalue weighted by atomic mass is 32.1. The van der Waals surface area contributed by atoms with Crippen LogP contribution in [0.1, 0.15) is 16.7 Å². The fraction of sp³-hybridized carbons (Fsp3) is 0.111. The summed E-state index contributed by atoms with van der Waals surface area (Å²) in [7, 11) is 0. The van der Waals surface area contributed by atoms with E-state index in [1.54, 1.807) is 11.3 Å². The maximum atomic E-state index is 13.5. The minimum absolute atomic E-state index is 0.0508. The zero-order valence-corrected chi connectivity index (χ0v) is 18.1. The third-order valence-corrected chi connectivity index (χ3v) is 6.46. The molecular weight excluding hydrogens is 400 g/mol. The molecule has 152 valence electrons. The first-order valence-corrected chi connectivity index (χ1v) is 11.2. The zero-order valence-electron chi connectivity index (χ0n) is 17.3. The van der Waals surface area contributed by atoms with Crippen LogP contribution in [0.4, 0.5) is 5.13 Å². The highest BCUT2D eigenvalue weighted by Gasteiger charge is 2.21. The van der Waals surface area contributed by atoms with Gasteiger partial charge in [-0.1, -0.05) is 90.2 Å². The van der Waals surface area contributed by atoms with E-state index in [1.807, 2.05) is 59.5 Å². The van der Waals surface area contributed by atoms with E-state index < -0.39 is 0 Å². The fourth-order valence-corrected chi connectivity index (χ4v) is 4.86. The SMILES string of the molecule is Cc1ccc2nc(N(Cc3ccccc3)C(=O)Cc3ccc4ccccc4c3)sc2c1. The molecule has 0 atom stereocenters. The lowest BCUT2D eigenvalue weighted by atomic mass is 10.0. The van der Waals surface area contributed by atoms with E-state index in [4.69, 9.17) is 4.98 Å². The van der Waals surface area contributed by atoms with Crippen molar-refractivity contribution in [3.05, 3.63) is 108 Å². The van der Waals surface area contributed by atoms with E-state index in [-0.39, 0.29) is 5.91 Å². The number of hydrogen-bond donors (Lipinski definition) is 0. The summed E-state index contributed by atoms with van der Waals surface area (Å²) < 4.78 is 1.10. The summed E-state index contributed by atoms with van der Waals surface area (Å²) in [6, 6.07) is 30.8. The second kappa shape index (κ2) is 8.32. The van der Waals surface area contributed by atoms with Crippen molar-refractivity contribution in [1.82, 2.24) is 4.98 Å². The highest BCUT2D eigenvalue weighted by Crippen LogP contribution is 2.31. The molecule has 31 heavy (non-hydrogen) atoms. The van der Waals surface area contributed by atoms with Crippen LogP contribution in [0.2, 0.25) is 0 Å². The number of amides is 1. The Morgan fingerprint density at radius 3 is 2.45 bits per heavy atom. The van der Waals surface area contributed by atoms with Gasteiger partial charge in [0.2, 0.25) is 5.91 Å². The third kappa shape index (κ3) is 4.21. The van der Waals surface area contributed by atoms with Gasteiger partial charge in [0.15, 0.2) is 5.13 Å². The Kier molecular flexibility index (Phi) is 5.23. The first kappa shape index (κ1) is 19.5. The van der Waals surface area contributed by atoms with Gasteiger partial charge in [0.25, 0.3) is 0 Å². The van der Waals surface area contributed by atoms with E-state index in [0.717, 1.165) is 31.9 Å². The average molecular weight is 423 g/mol. The largest absolute Gasteiger partial charge is 0.283 e. The lowest BCUT2D eigenvalue weighted by molar-refractivity contribution is -0.118. The fourth-order valence-electron chi connectivity index (χ4n) is 3.78. The van der Waals surface area contributed by atoms with Crippen molar-refractivity contribution in [2.45, 2.75) is 19.9 Å². The summed E-state index contributed by atoms with van der Waals surface area (Å²) in [5, 5.41) is 3.08. The molecular formula is C27H22N2OS. The normalized spacial score (nSPS) is 11.1. The smallest absolute Gasteiger partial charge is 0.233 e. The Balaban J connectivity index is 1.49. The van der Waals surface area contributed by atoms with Crippen molar-refractivity contribution in [3.8, 4) is 0 Å². The lowest BCUT2D eigenvalue weighted by Crippen LogP contribution is -2.31. The lowest BCUT2D eigenvalue weighted by Gasteiger charge is -2.20. The van der Waals surface area contributed by atoms with Gasteiger partial charge < -0.3 is 0 Å². The topological polar surface area (TPSA) is 33.2 Å². The van der Waals surface area contributed by atoms with Crippen molar-refractivity contribution in [2.24, 2.45) is 0 Å². The molecule has 0 fully saturated rings. The maximum Gasteiger partial charge on any atom is 0.233 e. The van der Waals surface area contributed by atoms with Gasteiger partial charge in [0, 0.05) is 0 Å². The number of thiazole rings is 1. The second-order valence-electron chi connectivity index (χ2n) is 7.79. The molecule has 4 heteroatoms. The number of carbonyl (C=O) groups excluding carboxylic acids is 1. The number of anilines is 1. The summed E-state index contributed by atoms with van der Waals surface area (Å²) in [4.78, 5) is 20.1. The molecule has 0 unspecified atom stereocenters. The number of nitrogens with zero attached hydrogens (tertiary/aromatic N) is 2. The molecule has 0 N–H and O–H groups in total. The van der Waals surface area contributed by atoms with E-state index in [2.05, 4.69) is 43.3 Å². The van der Waals surface area contributed by atoms with Gasteiger partial charge in [-0.3, -0.25) is 9.69 Å². The predicted octanol–water partition coefficient (Wildman–Crippen LogP) is 6.53. The van der Waals surface area contributed by atoms with E-state index in [1.165, 1.54) is 10.9 Å². The zero-order chi connectivity index (χ0) is 21.2. The number of carbonyl (C=O) groups is 1. The summed E-state index contributed by atoms with van der Waals surface area (Å²) in [5.74, 6) is 0.0508. The minimum Gasteiger partial charge on any atom is -0.283 e. The van der Waals surface area contributed by atoms with Gasteiger partial charge in [-0.2, -0.15) is 0 Å². The van der Waals surface area contributed by atoms with Crippen molar-refractivity contribution in [2.75, 3.05) is 4.90 Å². The Morgan fingerprint density at radius 2 is 1.61 bits per heavy atom. The molecule has 1 heterocycles. The van der Waals surface area contributed by atoms with Crippen molar-refractivity contribution in [3.63, 3.8) is 0 Å². The van der Waals surface area contributed by atoms with Crippen LogP contribution >= 0.6 is 11.3 Å². The van der Waals surface area contributed by atoms with Gasteiger partial charge in [-0.25, -0.2) is 4.98 Å². The van der Waals surface area contributed by atoms with E-state index in [9.17, 15) is 4.79 Å². The molecule has 1 aromatic heterocycles. The Labute approximate surface area is 185 Å². The molecule has 0 radical (unpaired) electrons. The Morgan fingerprint density at radius 1 is 0.839 bits per heavy atom. The first-order chi connectivity index (χ1) is 15.2. The van der Waals surface area contributed by atoms with Crippen LogP contribution in [0.25, 0.3) is 21.0 Å². The van der Waals surface area contributed by atoms with E-state index >= 15 is 0 Å². The molecule has 0 aliphatic heterocycles. The quantitative estimate of drug-likeness (QED) is 0.322. The second-order valence-corrected chi connectivity index (χ2v) is 8.80. The molecule has 0 spiro atoms. The summed E-state index contributed by atoms with van der Waals surface area (Å²) >= 11 is 1.57. The molecule has 0 aliphatic rings. The molecule has 5 rings (SSSR count). The van der Waals surface area contributed by atoms with Gasteiger partial charge in [-0.15, -0.1) is 0 Å². The minimum atomic E-state index is 0.0508. The third-order valence-electron chi connectivity index (χ3n) is 5.42. The van der Waals surface area contributed by atoms with Crippen molar-refractivity contribution < 1.29 is 4.79 Å². The maximum absolute atomic E-state index is 13.5. The van der Waals surface area contributed by atoms with Crippen LogP contribution in [0.3, 0.4) is 0 Å². The van der Waals surface area contributed by atoms with Gasteiger partial charge >= 0.3 is 0 Å². The Bertz CT molecular complexity index is 1370. The van der Waals surface area contributed by atoms with Crippen molar-refractivity contribution >= 4 is 43.4 Å². The van der Waals surface area contributed by atoms with E-state index in [0.29, 0.717) is 13.0 Å². The van der Waals surface area contributed by atoms with Crippen LogP contribution in [0.15, 0.2) is 91.0 Å². The average Bonchev–Trinajstić information content (AvgIpc) is 3.20. The predicted molar refractivity (Wildman–Crippen MR) is 130 cm³/mol. The van der Waals surface area contributed by atoms with Crippen LogP contribution in [0.5, 0.6) is 0 Å². The highest BCUT2D eigenvalue weighted by molar-refractivity contribution is 7.22. The number of hydrogen-bond acceptors (Lipinski definition) is 3. The summed E-state index contributed by atoms with van der Waals surface area (Å²) in [6.07, 6.45) is 0.340. The first-order valence-electron chi connectivity index (χ1n) is 10.3. The molecule has 4 aromatic carbocycles. The van der Waals surface area contributed by atoms with Gasteiger partial charge in [0.05, 0.1) is 23.2 Å². The number of fused-ring (bicyclic) bond motifs is 2. The number of aromatic nitrogens is 1. The Hall–Kier alpha value is -3.50. The van der Waals surface area contributed by atoms with Gasteiger partial charge in [-0.05, 0) is 46.5 Å². The molecule has 0 aliphatic carbocycles. The van der Waals surface area contributed by atoms with Crippen LogP contribution in [-0.2, 0) is 17.8 Å². The van der Waals surface area contributed by atoms with Gasteiger partial charge in [0.1, 0.15) is 0 Å². The standard InChI is InChI=1S/C27H22N2OS/c1-19-11-14-24-25(15-19)31-27(28-24)29(18-20-7-3-2-4-8-20)26(30)17-21-12-13-22-9-5-6-10-23(22)16-21/h2-16H,17-18H2,1H3. The molecule has 3 nitrogen and oxygen atoms in total. The number of benzene rings is 4.